The number of nitrogens with one attached hydrogen (secondary N) is 1. The van der Waals surface area contributed by atoms with Crippen molar-refractivity contribution in [3.8, 4) is 5.88 Å². The zero-order chi connectivity index (χ0) is 16.1. The molecule has 2 N–H and O–H groups in total. The van der Waals surface area contributed by atoms with Gasteiger partial charge in [-0.25, -0.2) is 9.78 Å². The largest absolute Gasteiger partial charge is 0.481 e. The number of amides is 2. The quantitative estimate of drug-likeness (QED) is 0.889. The number of carboxylic acid groups (broad SMARTS) is 1. The summed E-state index contributed by atoms with van der Waals surface area (Å²) in [4.78, 5) is 29.1. The molecule has 1 aromatic heterocycles. The Hall–Kier alpha value is -2.31. The van der Waals surface area contributed by atoms with Gasteiger partial charge in [0.1, 0.15) is 5.69 Å². The van der Waals surface area contributed by atoms with Gasteiger partial charge in [-0.15, -0.1) is 0 Å². The molecule has 120 valence electrons. The van der Waals surface area contributed by atoms with Crippen LogP contribution in [-0.2, 0) is 4.79 Å². The Balaban J connectivity index is 2.08. The van der Waals surface area contributed by atoms with E-state index < -0.39 is 11.9 Å². The zero-order valence-electron chi connectivity index (χ0n) is 12.8. The molecule has 0 spiro atoms. The Kier molecular flexibility index (Phi) is 5.19. The van der Waals surface area contributed by atoms with Gasteiger partial charge in [0.25, 0.3) is 0 Å². The first kappa shape index (κ1) is 16.1. The van der Waals surface area contributed by atoms with Crippen LogP contribution >= 0.6 is 0 Å². The van der Waals surface area contributed by atoms with Crippen LogP contribution in [0.2, 0.25) is 0 Å². The molecule has 1 fully saturated rings. The summed E-state index contributed by atoms with van der Waals surface area (Å²) in [6, 6.07) is 1.47. The number of urea groups is 1. The highest BCUT2D eigenvalue weighted by atomic mass is 16.5. The zero-order valence-corrected chi connectivity index (χ0v) is 12.8. The topological polar surface area (TPSA) is 91.8 Å². The predicted molar refractivity (Wildman–Crippen MR) is 81.1 cm³/mol. The number of piperidine rings is 1. The summed E-state index contributed by atoms with van der Waals surface area (Å²) in [5.74, 6) is -0.987. The Bertz CT molecular complexity index is 562. The molecule has 7 heteroatoms. The number of aromatic nitrogens is 1. The van der Waals surface area contributed by atoms with E-state index in [1.807, 2.05) is 13.8 Å². The first-order chi connectivity index (χ1) is 10.5. The van der Waals surface area contributed by atoms with Crippen LogP contribution in [0.1, 0.15) is 25.3 Å². The van der Waals surface area contributed by atoms with Crippen LogP contribution < -0.4 is 10.1 Å². The third-order valence-corrected chi connectivity index (χ3v) is 3.57. The number of pyridine rings is 1. The summed E-state index contributed by atoms with van der Waals surface area (Å²) in [7, 11) is 0. The molecule has 1 aliphatic rings. The standard InChI is InChI=1S/C15H21N3O4/c1-3-22-13-12(7-10(2)8-16-13)17-15(21)18-6-4-5-11(9-18)14(19)20/h7-8,11H,3-6,9H2,1-2H3,(H,17,21)(H,19,20). The molecule has 1 unspecified atom stereocenters. The molecule has 0 saturated carbocycles. The molecule has 0 radical (unpaired) electrons. The lowest BCUT2D eigenvalue weighted by Gasteiger charge is -2.30. The van der Waals surface area contributed by atoms with Gasteiger partial charge in [-0.2, -0.15) is 0 Å². The molecule has 0 aromatic carbocycles. The second kappa shape index (κ2) is 7.11. The lowest BCUT2D eigenvalue weighted by molar-refractivity contribution is -0.143. The molecule has 1 atom stereocenters. The third kappa shape index (κ3) is 3.87. The fourth-order valence-corrected chi connectivity index (χ4v) is 2.46. The molecule has 1 saturated heterocycles. The van der Waals surface area contributed by atoms with Crippen molar-refractivity contribution >= 4 is 17.7 Å². The molecule has 2 amide bonds. The minimum Gasteiger partial charge on any atom is -0.481 e. The normalized spacial score (nSPS) is 17.9. The summed E-state index contributed by atoms with van der Waals surface area (Å²) in [6.07, 6.45) is 2.96. The van der Waals surface area contributed by atoms with E-state index in [4.69, 9.17) is 9.84 Å². The van der Waals surface area contributed by atoms with Gasteiger partial charge in [0.2, 0.25) is 5.88 Å². The van der Waals surface area contributed by atoms with E-state index in [1.54, 1.807) is 12.3 Å². The Morgan fingerprint density at radius 3 is 3.00 bits per heavy atom. The van der Waals surface area contributed by atoms with Crippen molar-refractivity contribution in [1.82, 2.24) is 9.88 Å². The van der Waals surface area contributed by atoms with Crippen molar-refractivity contribution in [1.29, 1.82) is 0 Å². The number of rotatable bonds is 4. The molecule has 0 aliphatic carbocycles. The van der Waals surface area contributed by atoms with Gasteiger partial charge < -0.3 is 20.1 Å². The van der Waals surface area contributed by atoms with Gasteiger partial charge in [0.05, 0.1) is 12.5 Å². The number of hydrogen-bond acceptors (Lipinski definition) is 4. The molecule has 2 rings (SSSR count). The lowest BCUT2D eigenvalue weighted by Crippen LogP contribution is -2.44. The highest BCUT2D eigenvalue weighted by Crippen LogP contribution is 2.24. The number of ether oxygens (including phenoxy) is 1. The van der Waals surface area contributed by atoms with Crippen LogP contribution in [0, 0.1) is 12.8 Å². The van der Waals surface area contributed by atoms with E-state index in [0.29, 0.717) is 37.6 Å². The van der Waals surface area contributed by atoms with E-state index in [9.17, 15) is 9.59 Å². The lowest BCUT2D eigenvalue weighted by atomic mass is 9.99. The van der Waals surface area contributed by atoms with E-state index in [0.717, 1.165) is 5.56 Å². The first-order valence-electron chi connectivity index (χ1n) is 7.39. The summed E-state index contributed by atoms with van der Waals surface area (Å²) in [5, 5.41) is 11.9. The molecule has 1 aliphatic heterocycles. The molecule has 7 nitrogen and oxygen atoms in total. The monoisotopic (exact) mass is 307 g/mol. The van der Waals surface area contributed by atoms with E-state index in [-0.39, 0.29) is 12.6 Å². The average Bonchev–Trinajstić information content (AvgIpc) is 2.50. The van der Waals surface area contributed by atoms with Crippen LogP contribution in [0.4, 0.5) is 10.5 Å². The molecular weight excluding hydrogens is 286 g/mol. The van der Waals surface area contributed by atoms with Gasteiger partial charge >= 0.3 is 12.0 Å². The summed E-state index contributed by atoms with van der Waals surface area (Å²) >= 11 is 0. The van der Waals surface area contributed by atoms with Crippen LogP contribution in [0.15, 0.2) is 12.3 Å². The van der Waals surface area contributed by atoms with Gasteiger partial charge in [0.15, 0.2) is 0 Å². The SMILES string of the molecule is CCOc1ncc(C)cc1NC(=O)N1CCCC(C(=O)O)C1. The van der Waals surface area contributed by atoms with Crippen molar-refractivity contribution < 1.29 is 19.4 Å². The summed E-state index contributed by atoms with van der Waals surface area (Å²) in [5.41, 5.74) is 1.41. The van der Waals surface area contributed by atoms with Gasteiger partial charge in [0, 0.05) is 19.3 Å². The van der Waals surface area contributed by atoms with Gasteiger partial charge in [-0.05, 0) is 38.3 Å². The molecule has 2 heterocycles. The number of carboxylic acids is 1. The Morgan fingerprint density at radius 2 is 2.32 bits per heavy atom. The van der Waals surface area contributed by atoms with Crippen LogP contribution in [-0.4, -0.2) is 46.7 Å². The molecule has 22 heavy (non-hydrogen) atoms. The first-order valence-corrected chi connectivity index (χ1v) is 7.39. The van der Waals surface area contributed by atoms with Gasteiger partial charge in [-0.3, -0.25) is 4.79 Å². The van der Waals surface area contributed by atoms with Crippen LogP contribution in [0.3, 0.4) is 0 Å². The highest BCUT2D eigenvalue weighted by molar-refractivity contribution is 5.91. The number of anilines is 1. The van der Waals surface area contributed by atoms with E-state index in [1.165, 1.54) is 4.90 Å². The van der Waals surface area contributed by atoms with Crippen LogP contribution in [0.5, 0.6) is 5.88 Å². The fourth-order valence-electron chi connectivity index (χ4n) is 2.46. The average molecular weight is 307 g/mol. The fraction of sp³-hybridized carbons (Fsp3) is 0.533. The number of nitrogens with zero attached hydrogens (tertiary/aromatic N) is 2. The maximum atomic E-state index is 12.3. The van der Waals surface area contributed by atoms with Crippen molar-refractivity contribution in [2.24, 2.45) is 5.92 Å². The maximum absolute atomic E-state index is 12.3. The van der Waals surface area contributed by atoms with Crippen molar-refractivity contribution in [2.75, 3.05) is 25.0 Å². The third-order valence-electron chi connectivity index (χ3n) is 3.57. The number of aliphatic carboxylic acids is 1. The highest BCUT2D eigenvalue weighted by Gasteiger charge is 2.28. The molecular formula is C15H21N3O4. The Labute approximate surface area is 129 Å². The maximum Gasteiger partial charge on any atom is 0.322 e. The number of likely N-dealkylation sites (tertiary alicyclic amines) is 1. The summed E-state index contributed by atoms with van der Waals surface area (Å²) in [6.45, 7) is 4.95. The van der Waals surface area contributed by atoms with Crippen molar-refractivity contribution in [3.05, 3.63) is 17.8 Å². The Morgan fingerprint density at radius 1 is 1.55 bits per heavy atom. The van der Waals surface area contributed by atoms with Gasteiger partial charge in [-0.1, -0.05) is 0 Å². The predicted octanol–water partition coefficient (Wildman–Crippen LogP) is 2.12. The number of hydrogen-bond donors (Lipinski definition) is 2. The number of aryl methyl sites for hydroxylation is 1. The minimum atomic E-state index is -0.857. The van der Waals surface area contributed by atoms with Crippen molar-refractivity contribution in [3.63, 3.8) is 0 Å². The number of carbonyl (C=O) groups excluding carboxylic acids is 1. The summed E-state index contributed by atoms with van der Waals surface area (Å²) < 4.78 is 5.40. The second-order valence-electron chi connectivity index (χ2n) is 5.35. The van der Waals surface area contributed by atoms with E-state index in [2.05, 4.69) is 10.3 Å². The minimum absolute atomic E-state index is 0.227. The molecule has 0 bridgehead atoms. The van der Waals surface area contributed by atoms with E-state index >= 15 is 0 Å². The molecule has 1 aromatic rings. The smallest absolute Gasteiger partial charge is 0.322 e. The number of carbonyl (C=O) groups is 2. The van der Waals surface area contributed by atoms with Crippen LogP contribution in [0.25, 0.3) is 0 Å². The second-order valence-corrected chi connectivity index (χ2v) is 5.35. The van der Waals surface area contributed by atoms with Crippen molar-refractivity contribution in [2.45, 2.75) is 26.7 Å².